The molecule has 1 unspecified atom stereocenters. The molecule has 0 aliphatic carbocycles. The van der Waals surface area contributed by atoms with Crippen LogP contribution in [0, 0.1) is 12.8 Å². The molecule has 1 aliphatic heterocycles. The molecular weight excluding hydrogens is 394 g/mol. The van der Waals surface area contributed by atoms with Crippen molar-refractivity contribution in [3.8, 4) is 11.6 Å². The fourth-order valence-corrected chi connectivity index (χ4v) is 3.97. The first-order chi connectivity index (χ1) is 15.0. The van der Waals surface area contributed by atoms with Gasteiger partial charge in [0.2, 0.25) is 5.91 Å². The van der Waals surface area contributed by atoms with E-state index < -0.39 is 0 Å². The molecule has 3 aromatic heterocycles. The van der Waals surface area contributed by atoms with E-state index in [0.29, 0.717) is 36.2 Å². The molecule has 0 spiro atoms. The molecule has 1 amide bonds. The largest absolute Gasteiger partial charge is 0.493 e. The van der Waals surface area contributed by atoms with Crippen LogP contribution in [0.15, 0.2) is 42.7 Å². The van der Waals surface area contributed by atoms with Crippen LogP contribution in [0.1, 0.15) is 43.0 Å². The number of rotatable bonds is 5. The van der Waals surface area contributed by atoms with Gasteiger partial charge >= 0.3 is 0 Å². The Morgan fingerprint density at radius 2 is 2.03 bits per heavy atom. The molecule has 0 saturated heterocycles. The van der Waals surface area contributed by atoms with Crippen LogP contribution in [0.3, 0.4) is 0 Å². The third-order valence-corrected chi connectivity index (χ3v) is 5.33. The first-order valence-corrected chi connectivity index (χ1v) is 10.3. The van der Waals surface area contributed by atoms with Gasteiger partial charge < -0.3 is 10.1 Å². The Labute approximate surface area is 179 Å². The molecular formula is C22H23N7O2. The van der Waals surface area contributed by atoms with Crippen molar-refractivity contribution >= 4 is 17.4 Å². The van der Waals surface area contributed by atoms with Crippen LogP contribution >= 0.6 is 0 Å². The maximum Gasteiger partial charge on any atom is 0.226 e. The molecule has 4 heterocycles. The summed E-state index contributed by atoms with van der Waals surface area (Å²) in [4.78, 5) is 12.7. The van der Waals surface area contributed by atoms with Crippen LogP contribution in [-0.4, -0.2) is 42.1 Å². The first kappa shape index (κ1) is 19.2. The van der Waals surface area contributed by atoms with Crippen LogP contribution < -0.4 is 10.1 Å². The van der Waals surface area contributed by atoms with E-state index in [1.165, 1.54) is 6.33 Å². The molecule has 158 valence electrons. The van der Waals surface area contributed by atoms with Crippen LogP contribution in [0.25, 0.3) is 11.5 Å². The van der Waals surface area contributed by atoms with Crippen LogP contribution in [0.2, 0.25) is 0 Å². The van der Waals surface area contributed by atoms with E-state index in [9.17, 15) is 4.79 Å². The van der Waals surface area contributed by atoms with Crippen molar-refractivity contribution in [3.63, 3.8) is 0 Å². The topological polar surface area (TPSA) is 99.2 Å². The fraction of sp³-hybridized carbons (Fsp3) is 0.318. The zero-order valence-electron chi connectivity index (χ0n) is 17.6. The summed E-state index contributed by atoms with van der Waals surface area (Å²) < 4.78 is 9.34. The van der Waals surface area contributed by atoms with E-state index in [1.54, 1.807) is 9.20 Å². The summed E-state index contributed by atoms with van der Waals surface area (Å²) in [6.07, 6.45) is 1.87. The molecule has 31 heavy (non-hydrogen) atoms. The molecule has 1 aliphatic rings. The number of fused-ring (bicyclic) bond motifs is 2. The summed E-state index contributed by atoms with van der Waals surface area (Å²) >= 11 is 0. The summed E-state index contributed by atoms with van der Waals surface area (Å²) in [5.41, 5.74) is 3.44. The second kappa shape index (κ2) is 7.50. The third-order valence-electron chi connectivity index (χ3n) is 5.33. The van der Waals surface area contributed by atoms with Gasteiger partial charge in [0.15, 0.2) is 11.5 Å². The molecule has 1 atom stereocenters. The Kier molecular flexibility index (Phi) is 4.65. The Hall–Kier alpha value is -3.75. The van der Waals surface area contributed by atoms with Gasteiger partial charge in [0.25, 0.3) is 0 Å². The molecule has 1 aromatic carbocycles. The Morgan fingerprint density at radius 1 is 1.19 bits per heavy atom. The predicted molar refractivity (Wildman–Crippen MR) is 115 cm³/mol. The van der Waals surface area contributed by atoms with Gasteiger partial charge in [0.1, 0.15) is 17.9 Å². The Balaban J connectivity index is 1.61. The summed E-state index contributed by atoms with van der Waals surface area (Å²) in [5, 5.41) is 20.1. The van der Waals surface area contributed by atoms with E-state index in [4.69, 9.17) is 9.84 Å². The lowest BCUT2D eigenvalue weighted by molar-refractivity contribution is -0.116. The van der Waals surface area contributed by atoms with Gasteiger partial charge in [-0.05, 0) is 31.0 Å². The maximum atomic E-state index is 12.7. The molecule has 0 bridgehead atoms. The highest BCUT2D eigenvalue weighted by molar-refractivity contribution is 5.95. The Bertz CT molecular complexity index is 1270. The van der Waals surface area contributed by atoms with E-state index >= 15 is 0 Å². The molecule has 0 fully saturated rings. The molecule has 0 radical (unpaired) electrons. The van der Waals surface area contributed by atoms with Gasteiger partial charge in [-0.3, -0.25) is 4.79 Å². The number of nitrogens with zero attached hydrogens (tertiary/aromatic N) is 6. The average molecular weight is 417 g/mol. The summed E-state index contributed by atoms with van der Waals surface area (Å²) in [7, 11) is 0. The van der Waals surface area contributed by atoms with Crippen molar-refractivity contribution in [1.82, 2.24) is 29.6 Å². The Morgan fingerprint density at radius 3 is 2.87 bits per heavy atom. The standard InChI is InChI=1S/C22H23N7O2/c1-13(2)11-31-17-7-5-4-6-15(17)16-10-20(30)24-22-21(16)14(3)26-29(22)19-9-8-18-25-23-12-28(18)27-19/h4-9,12-13,16H,10-11H2,1-3H3,(H,24,30). The minimum absolute atomic E-state index is 0.0670. The van der Waals surface area contributed by atoms with Crippen molar-refractivity contribution in [2.45, 2.75) is 33.1 Å². The highest BCUT2D eigenvalue weighted by Crippen LogP contribution is 2.43. The van der Waals surface area contributed by atoms with Gasteiger partial charge in [-0.1, -0.05) is 32.0 Å². The van der Waals surface area contributed by atoms with Crippen molar-refractivity contribution in [1.29, 1.82) is 0 Å². The molecule has 5 rings (SSSR count). The number of carbonyl (C=O) groups excluding carboxylic acids is 1. The van der Waals surface area contributed by atoms with E-state index in [-0.39, 0.29) is 11.8 Å². The molecule has 4 aromatic rings. The SMILES string of the molecule is Cc1nn(-c2ccc3nncn3n2)c2c1C(c1ccccc1OCC(C)C)CC(=O)N2. The second-order valence-corrected chi connectivity index (χ2v) is 8.13. The lowest BCUT2D eigenvalue weighted by Gasteiger charge is -2.26. The number of nitrogens with one attached hydrogen (secondary N) is 1. The monoisotopic (exact) mass is 417 g/mol. The van der Waals surface area contributed by atoms with Gasteiger partial charge in [-0.2, -0.15) is 14.3 Å². The number of aromatic nitrogens is 6. The molecule has 9 heteroatoms. The van der Waals surface area contributed by atoms with Gasteiger partial charge in [-0.25, -0.2) is 0 Å². The van der Waals surface area contributed by atoms with Crippen LogP contribution in [-0.2, 0) is 4.79 Å². The number of benzene rings is 1. The lowest BCUT2D eigenvalue weighted by atomic mass is 9.85. The van der Waals surface area contributed by atoms with Crippen molar-refractivity contribution < 1.29 is 9.53 Å². The zero-order chi connectivity index (χ0) is 21.5. The quantitative estimate of drug-likeness (QED) is 0.536. The number of hydrogen-bond donors (Lipinski definition) is 1. The minimum Gasteiger partial charge on any atom is -0.493 e. The number of amides is 1. The summed E-state index contributed by atoms with van der Waals surface area (Å²) in [5.74, 6) is 2.20. The highest BCUT2D eigenvalue weighted by Gasteiger charge is 2.34. The zero-order valence-corrected chi connectivity index (χ0v) is 17.6. The normalized spacial score (nSPS) is 15.9. The van der Waals surface area contributed by atoms with Gasteiger partial charge in [0, 0.05) is 23.5 Å². The van der Waals surface area contributed by atoms with Crippen LogP contribution in [0.5, 0.6) is 5.75 Å². The second-order valence-electron chi connectivity index (χ2n) is 8.13. The summed E-state index contributed by atoms with van der Waals surface area (Å²) in [6, 6.07) is 11.6. The fourth-order valence-electron chi connectivity index (χ4n) is 3.97. The summed E-state index contributed by atoms with van der Waals surface area (Å²) in [6.45, 7) is 6.80. The van der Waals surface area contributed by atoms with E-state index in [1.807, 2.05) is 43.3 Å². The molecule has 0 saturated carbocycles. The number of ether oxygens (including phenoxy) is 1. The molecule has 1 N–H and O–H groups in total. The minimum atomic E-state index is -0.153. The molecule has 9 nitrogen and oxygen atoms in total. The van der Waals surface area contributed by atoms with Gasteiger partial charge in [-0.15, -0.1) is 15.3 Å². The first-order valence-electron chi connectivity index (χ1n) is 10.3. The van der Waals surface area contributed by atoms with E-state index in [2.05, 4.69) is 34.5 Å². The van der Waals surface area contributed by atoms with Crippen molar-refractivity contribution in [2.75, 3.05) is 11.9 Å². The van der Waals surface area contributed by atoms with E-state index in [0.717, 1.165) is 22.6 Å². The number of hydrogen-bond acceptors (Lipinski definition) is 6. The number of anilines is 1. The number of aryl methyl sites for hydroxylation is 1. The highest BCUT2D eigenvalue weighted by atomic mass is 16.5. The number of para-hydroxylation sites is 1. The third kappa shape index (κ3) is 3.41. The van der Waals surface area contributed by atoms with Crippen LogP contribution in [0.4, 0.5) is 5.82 Å². The van der Waals surface area contributed by atoms with Crippen molar-refractivity contribution in [3.05, 3.63) is 59.5 Å². The predicted octanol–water partition coefficient (Wildman–Crippen LogP) is 3.13. The average Bonchev–Trinajstić information content (AvgIpc) is 3.35. The van der Waals surface area contributed by atoms with Crippen molar-refractivity contribution in [2.24, 2.45) is 5.92 Å². The number of carbonyl (C=O) groups is 1. The maximum absolute atomic E-state index is 12.7. The smallest absolute Gasteiger partial charge is 0.226 e. The van der Waals surface area contributed by atoms with Gasteiger partial charge in [0.05, 0.1) is 12.3 Å². The lowest BCUT2D eigenvalue weighted by Crippen LogP contribution is -2.25.